The first kappa shape index (κ1) is 17.7. The van der Waals surface area contributed by atoms with Crippen LogP contribution in [0.2, 0.25) is 0 Å². The Morgan fingerprint density at radius 3 is 2.35 bits per heavy atom. The van der Waals surface area contributed by atoms with Crippen molar-refractivity contribution in [1.29, 1.82) is 0 Å². The van der Waals surface area contributed by atoms with Gasteiger partial charge in [0.05, 0.1) is 10.6 Å². The highest BCUT2D eigenvalue weighted by molar-refractivity contribution is 14.1. The van der Waals surface area contributed by atoms with Crippen LogP contribution in [-0.4, -0.2) is 33.2 Å². The summed E-state index contributed by atoms with van der Waals surface area (Å²) < 4.78 is 30.5. The van der Waals surface area contributed by atoms with E-state index in [-0.39, 0.29) is 29.7 Å². The zero-order valence-electron chi connectivity index (χ0n) is 12.2. The molecule has 0 saturated heterocycles. The van der Waals surface area contributed by atoms with Crippen LogP contribution >= 0.6 is 22.6 Å². The average Bonchev–Trinajstić information content (AvgIpc) is 2.55. The Kier molecular flexibility index (Phi) is 6.40. The number of amides is 1. The van der Waals surface area contributed by atoms with E-state index in [1.807, 2.05) is 12.1 Å². The molecule has 7 heteroatoms. The standard InChI is InChI=1S/C16H16INO4S/c17-13-6-8-14(9-7-13)22-12-16(19)18-10-11-23(20,21)15-4-2-1-3-5-15/h1-9H,10-12H2,(H,18,19). The Bertz CT molecular complexity index is 745. The Balaban J connectivity index is 1.75. The lowest BCUT2D eigenvalue weighted by Gasteiger charge is -2.08. The monoisotopic (exact) mass is 445 g/mol. The molecule has 0 aliphatic rings. The molecule has 23 heavy (non-hydrogen) atoms. The number of carbonyl (C=O) groups is 1. The molecule has 0 spiro atoms. The second kappa shape index (κ2) is 8.30. The molecule has 0 saturated carbocycles. The minimum atomic E-state index is -3.38. The number of rotatable bonds is 7. The maximum absolute atomic E-state index is 12.0. The van der Waals surface area contributed by atoms with Gasteiger partial charge >= 0.3 is 0 Å². The number of ether oxygens (including phenoxy) is 1. The van der Waals surface area contributed by atoms with Gasteiger partial charge in [0.2, 0.25) is 0 Å². The highest BCUT2D eigenvalue weighted by Gasteiger charge is 2.14. The largest absolute Gasteiger partial charge is 0.484 e. The lowest BCUT2D eigenvalue weighted by Crippen LogP contribution is -2.32. The van der Waals surface area contributed by atoms with Gasteiger partial charge in [-0.25, -0.2) is 8.42 Å². The number of nitrogens with one attached hydrogen (secondary N) is 1. The predicted molar refractivity (Wildman–Crippen MR) is 96.2 cm³/mol. The highest BCUT2D eigenvalue weighted by atomic mass is 127. The van der Waals surface area contributed by atoms with Crippen LogP contribution in [0.15, 0.2) is 59.5 Å². The third-order valence-electron chi connectivity index (χ3n) is 2.98. The zero-order valence-corrected chi connectivity index (χ0v) is 15.2. The van der Waals surface area contributed by atoms with Gasteiger partial charge in [0, 0.05) is 10.1 Å². The van der Waals surface area contributed by atoms with Gasteiger partial charge in [0.15, 0.2) is 16.4 Å². The Labute approximate surface area is 149 Å². The third kappa shape index (κ3) is 5.83. The second-order valence-corrected chi connectivity index (χ2v) is 8.08. The molecular weight excluding hydrogens is 429 g/mol. The molecule has 0 aromatic heterocycles. The average molecular weight is 445 g/mol. The molecule has 2 aromatic carbocycles. The maximum atomic E-state index is 12.0. The van der Waals surface area contributed by atoms with Crippen LogP contribution in [0.5, 0.6) is 5.75 Å². The summed E-state index contributed by atoms with van der Waals surface area (Å²) in [6, 6.07) is 15.5. The lowest BCUT2D eigenvalue weighted by atomic mass is 10.3. The molecule has 0 unspecified atom stereocenters. The predicted octanol–water partition coefficient (Wildman–Crippen LogP) is 2.26. The van der Waals surface area contributed by atoms with E-state index < -0.39 is 9.84 Å². The Morgan fingerprint density at radius 2 is 1.70 bits per heavy atom. The third-order valence-corrected chi connectivity index (χ3v) is 5.43. The number of halogens is 1. The maximum Gasteiger partial charge on any atom is 0.257 e. The van der Waals surface area contributed by atoms with E-state index in [9.17, 15) is 13.2 Å². The summed E-state index contributed by atoms with van der Waals surface area (Å²) in [4.78, 5) is 11.9. The molecule has 0 bridgehead atoms. The summed E-state index contributed by atoms with van der Waals surface area (Å²) in [5.74, 6) is 0.0935. The molecular formula is C16H16INO4S. The summed E-state index contributed by atoms with van der Waals surface area (Å²) in [7, 11) is -3.38. The van der Waals surface area contributed by atoms with Crippen molar-refractivity contribution in [2.75, 3.05) is 18.9 Å². The highest BCUT2D eigenvalue weighted by Crippen LogP contribution is 2.13. The van der Waals surface area contributed by atoms with Gasteiger partial charge in [-0.2, -0.15) is 0 Å². The van der Waals surface area contributed by atoms with Crippen LogP contribution in [0.4, 0.5) is 0 Å². The molecule has 0 fully saturated rings. The van der Waals surface area contributed by atoms with E-state index in [0.29, 0.717) is 5.75 Å². The van der Waals surface area contributed by atoms with E-state index in [1.165, 1.54) is 12.1 Å². The second-order valence-electron chi connectivity index (χ2n) is 4.72. The fraction of sp³-hybridized carbons (Fsp3) is 0.188. The van der Waals surface area contributed by atoms with Gasteiger partial charge in [-0.05, 0) is 59.0 Å². The molecule has 0 aliphatic carbocycles. The molecule has 0 heterocycles. The van der Waals surface area contributed by atoms with Crippen LogP contribution in [0.25, 0.3) is 0 Å². The van der Waals surface area contributed by atoms with Gasteiger partial charge in [0.1, 0.15) is 5.75 Å². The van der Waals surface area contributed by atoms with Crippen LogP contribution in [0.1, 0.15) is 0 Å². The van der Waals surface area contributed by atoms with E-state index in [2.05, 4.69) is 27.9 Å². The lowest BCUT2D eigenvalue weighted by molar-refractivity contribution is -0.122. The molecule has 0 aliphatic heterocycles. The van der Waals surface area contributed by atoms with Gasteiger partial charge < -0.3 is 10.1 Å². The number of carbonyl (C=O) groups excluding carboxylic acids is 1. The molecule has 0 radical (unpaired) electrons. The quantitative estimate of drug-likeness (QED) is 0.664. The van der Waals surface area contributed by atoms with E-state index in [0.717, 1.165) is 3.57 Å². The first-order valence-corrected chi connectivity index (χ1v) is 9.63. The Morgan fingerprint density at radius 1 is 1.04 bits per heavy atom. The first-order valence-electron chi connectivity index (χ1n) is 6.90. The fourth-order valence-corrected chi connectivity index (χ4v) is 3.34. The summed E-state index contributed by atoms with van der Waals surface area (Å²) in [5, 5.41) is 2.55. The van der Waals surface area contributed by atoms with Gasteiger partial charge in [-0.3, -0.25) is 4.79 Å². The van der Waals surface area contributed by atoms with Crippen molar-refractivity contribution in [1.82, 2.24) is 5.32 Å². The number of hydrogen-bond acceptors (Lipinski definition) is 4. The summed E-state index contributed by atoms with van der Waals surface area (Å²) in [5.41, 5.74) is 0. The van der Waals surface area contributed by atoms with Crippen molar-refractivity contribution in [2.24, 2.45) is 0 Å². The fourth-order valence-electron chi connectivity index (χ4n) is 1.80. The van der Waals surface area contributed by atoms with Crippen molar-refractivity contribution in [3.05, 3.63) is 58.2 Å². The number of sulfone groups is 1. The zero-order chi connectivity index (χ0) is 16.7. The minimum Gasteiger partial charge on any atom is -0.484 e. The molecule has 1 amide bonds. The number of benzene rings is 2. The van der Waals surface area contributed by atoms with Gasteiger partial charge in [-0.1, -0.05) is 18.2 Å². The van der Waals surface area contributed by atoms with Crippen molar-refractivity contribution in [2.45, 2.75) is 4.90 Å². The number of hydrogen-bond donors (Lipinski definition) is 1. The molecule has 5 nitrogen and oxygen atoms in total. The van der Waals surface area contributed by atoms with Crippen LogP contribution in [0.3, 0.4) is 0 Å². The van der Waals surface area contributed by atoms with Crippen molar-refractivity contribution >= 4 is 38.3 Å². The summed E-state index contributed by atoms with van der Waals surface area (Å²) in [6.45, 7) is -0.0991. The van der Waals surface area contributed by atoms with E-state index in [1.54, 1.807) is 30.3 Å². The smallest absolute Gasteiger partial charge is 0.257 e. The van der Waals surface area contributed by atoms with Crippen LogP contribution < -0.4 is 10.1 Å². The summed E-state index contributed by atoms with van der Waals surface area (Å²) >= 11 is 2.18. The van der Waals surface area contributed by atoms with Crippen molar-refractivity contribution in [3.63, 3.8) is 0 Å². The van der Waals surface area contributed by atoms with Crippen LogP contribution in [0, 0.1) is 3.57 Å². The van der Waals surface area contributed by atoms with Crippen molar-refractivity contribution in [3.8, 4) is 5.75 Å². The van der Waals surface area contributed by atoms with Crippen molar-refractivity contribution < 1.29 is 17.9 Å². The molecule has 0 atom stereocenters. The topological polar surface area (TPSA) is 72.5 Å². The minimum absolute atomic E-state index is 0.0477. The Hall–Kier alpha value is -1.61. The normalized spacial score (nSPS) is 11.0. The van der Waals surface area contributed by atoms with E-state index >= 15 is 0 Å². The van der Waals surface area contributed by atoms with Gasteiger partial charge in [0.25, 0.3) is 5.91 Å². The van der Waals surface area contributed by atoms with Gasteiger partial charge in [-0.15, -0.1) is 0 Å². The SMILES string of the molecule is O=C(COc1ccc(I)cc1)NCCS(=O)(=O)c1ccccc1. The molecule has 1 N–H and O–H groups in total. The molecule has 122 valence electrons. The first-order chi connectivity index (χ1) is 11.0. The molecule has 2 rings (SSSR count). The van der Waals surface area contributed by atoms with Crippen LogP contribution in [-0.2, 0) is 14.6 Å². The summed E-state index contributed by atoms with van der Waals surface area (Å²) in [6.07, 6.45) is 0. The van der Waals surface area contributed by atoms with E-state index in [4.69, 9.17) is 4.74 Å². The molecule has 2 aromatic rings.